The first-order valence-electron chi connectivity index (χ1n) is 4.53. The summed E-state index contributed by atoms with van der Waals surface area (Å²) in [5.74, 6) is -1.21. The summed E-state index contributed by atoms with van der Waals surface area (Å²) in [6.07, 6.45) is 0. The normalized spacial score (nSPS) is 15.0. The summed E-state index contributed by atoms with van der Waals surface area (Å²) in [6.45, 7) is 0. The molecule has 0 fully saturated rings. The summed E-state index contributed by atoms with van der Waals surface area (Å²) >= 11 is 6.15. The molecule has 0 aromatic heterocycles. The Kier molecular flexibility index (Phi) is 3.09. The molecule has 88 valence electrons. The number of rotatable bonds is 1. The van der Waals surface area contributed by atoms with Crippen LogP contribution in [-0.2, 0) is 4.79 Å². The van der Waals surface area contributed by atoms with Crippen LogP contribution in [0.1, 0.15) is 15.9 Å². The van der Waals surface area contributed by atoms with Gasteiger partial charge in [-0.3, -0.25) is 9.59 Å². The van der Waals surface area contributed by atoms with E-state index in [0.717, 1.165) is 0 Å². The number of allylic oxidation sites excluding steroid dienone is 1. The first-order chi connectivity index (χ1) is 7.99. The van der Waals surface area contributed by atoms with Gasteiger partial charge in [0.25, 0.3) is 0 Å². The van der Waals surface area contributed by atoms with Crippen molar-refractivity contribution in [1.82, 2.24) is 0 Å². The van der Waals surface area contributed by atoms with Crippen molar-refractivity contribution in [3.05, 3.63) is 32.2 Å². The first kappa shape index (κ1) is 12.3. The molecule has 2 rings (SSSR count). The molecule has 0 spiro atoms. The number of ketones is 2. The number of hydrogen-bond acceptors (Lipinski definition) is 4. The number of methoxy groups -OCH3 is 1. The maximum absolute atomic E-state index is 11.7. The second kappa shape index (κ2) is 4.27. The fraction of sp³-hybridized carbons (Fsp3) is 0.0909. The Balaban J connectivity index is 2.82. The second-order valence-corrected chi connectivity index (χ2v) is 4.91. The van der Waals surface area contributed by atoms with Gasteiger partial charge in [-0.2, -0.15) is 0 Å². The number of aliphatic hydroxyl groups is 1. The van der Waals surface area contributed by atoms with Gasteiger partial charge in [-0.25, -0.2) is 0 Å². The van der Waals surface area contributed by atoms with Crippen molar-refractivity contribution in [2.24, 2.45) is 0 Å². The van der Waals surface area contributed by atoms with E-state index in [1.54, 1.807) is 6.07 Å². The molecule has 0 bridgehead atoms. The smallest absolute Gasteiger partial charge is 0.244 e. The maximum atomic E-state index is 11.7. The molecule has 0 amide bonds. The quantitative estimate of drug-likeness (QED) is 0.781. The maximum Gasteiger partial charge on any atom is 0.244 e. The zero-order chi connectivity index (χ0) is 12.7. The summed E-state index contributed by atoms with van der Waals surface area (Å²) in [5.41, 5.74) is 0.421. The molecular weight excluding hydrogens is 356 g/mol. The van der Waals surface area contributed by atoms with Crippen molar-refractivity contribution in [2.45, 2.75) is 0 Å². The number of carbonyl (C=O) groups excluding carboxylic acids is 2. The van der Waals surface area contributed by atoms with Crippen LogP contribution in [0.25, 0.3) is 5.76 Å². The monoisotopic (exact) mass is 360 g/mol. The van der Waals surface area contributed by atoms with Crippen LogP contribution >= 0.6 is 31.9 Å². The summed E-state index contributed by atoms with van der Waals surface area (Å²) in [6, 6.07) is 3.01. The molecule has 0 atom stereocenters. The fourth-order valence-corrected chi connectivity index (χ4v) is 2.65. The zero-order valence-corrected chi connectivity index (χ0v) is 11.8. The third kappa shape index (κ3) is 1.71. The molecule has 0 unspecified atom stereocenters. The highest BCUT2D eigenvalue weighted by atomic mass is 79.9. The van der Waals surface area contributed by atoms with E-state index in [9.17, 15) is 14.7 Å². The summed E-state index contributed by atoms with van der Waals surface area (Å²) < 4.78 is 5.37. The molecule has 6 heteroatoms. The number of benzene rings is 1. The van der Waals surface area contributed by atoms with Crippen LogP contribution in [0.3, 0.4) is 0 Å². The van der Waals surface area contributed by atoms with E-state index in [1.165, 1.54) is 13.2 Å². The summed E-state index contributed by atoms with van der Waals surface area (Å²) in [5, 5.41) is 9.89. The molecule has 0 heterocycles. The van der Waals surface area contributed by atoms with E-state index < -0.39 is 11.6 Å². The van der Waals surface area contributed by atoms with E-state index in [-0.39, 0.29) is 21.4 Å². The van der Waals surface area contributed by atoms with Gasteiger partial charge in [-0.1, -0.05) is 0 Å². The van der Waals surface area contributed by atoms with Crippen LogP contribution in [0.5, 0.6) is 5.75 Å². The minimum Gasteiger partial charge on any atom is -0.506 e. The van der Waals surface area contributed by atoms with E-state index in [2.05, 4.69) is 31.9 Å². The van der Waals surface area contributed by atoms with Gasteiger partial charge in [0.1, 0.15) is 16.0 Å². The van der Waals surface area contributed by atoms with Gasteiger partial charge in [-0.15, -0.1) is 0 Å². The molecule has 0 saturated carbocycles. The molecule has 17 heavy (non-hydrogen) atoms. The number of fused-ring (bicyclic) bond motifs is 1. The van der Waals surface area contributed by atoms with Crippen molar-refractivity contribution in [3.63, 3.8) is 0 Å². The van der Waals surface area contributed by atoms with Crippen LogP contribution < -0.4 is 4.74 Å². The van der Waals surface area contributed by atoms with Crippen LogP contribution in [-0.4, -0.2) is 23.8 Å². The Labute approximate surface area is 114 Å². The van der Waals surface area contributed by atoms with E-state index in [0.29, 0.717) is 10.2 Å². The molecular formula is C11H6Br2O4. The summed E-state index contributed by atoms with van der Waals surface area (Å²) in [4.78, 5) is 23.2. The minimum atomic E-state index is -0.757. The Morgan fingerprint density at radius 3 is 2.41 bits per heavy atom. The average Bonchev–Trinajstić information content (AvgIpc) is 2.33. The average molecular weight is 362 g/mol. The number of halogens is 2. The standard InChI is InChI=1S/C11H6Br2O4/c1-17-5-3-2-4-6(7(5)12)10(15)8(13)11(16)9(4)14/h2-3,15H,1H3. The molecule has 0 saturated heterocycles. The zero-order valence-electron chi connectivity index (χ0n) is 8.58. The Bertz CT molecular complexity index is 575. The van der Waals surface area contributed by atoms with Crippen molar-refractivity contribution < 1.29 is 19.4 Å². The van der Waals surface area contributed by atoms with Crippen molar-refractivity contribution >= 4 is 49.2 Å². The Hall–Kier alpha value is -1.14. The molecule has 0 aliphatic heterocycles. The molecule has 1 N–H and O–H groups in total. The minimum absolute atomic E-state index is 0.135. The Morgan fingerprint density at radius 2 is 1.82 bits per heavy atom. The van der Waals surface area contributed by atoms with Gasteiger partial charge in [0, 0.05) is 11.1 Å². The van der Waals surface area contributed by atoms with Crippen LogP contribution in [0.4, 0.5) is 0 Å². The highest BCUT2D eigenvalue weighted by Crippen LogP contribution is 2.39. The van der Waals surface area contributed by atoms with E-state index >= 15 is 0 Å². The third-order valence-corrected chi connectivity index (χ3v) is 3.94. The predicted molar refractivity (Wildman–Crippen MR) is 68.5 cm³/mol. The topological polar surface area (TPSA) is 63.6 Å². The molecule has 1 aromatic rings. The van der Waals surface area contributed by atoms with E-state index in [4.69, 9.17) is 4.74 Å². The SMILES string of the molecule is COc1ccc2c(c1Br)C(O)=C(Br)C(=O)C2=O. The molecule has 1 aliphatic rings. The first-order valence-corrected chi connectivity index (χ1v) is 6.12. The lowest BCUT2D eigenvalue weighted by atomic mass is 9.93. The highest BCUT2D eigenvalue weighted by Gasteiger charge is 2.33. The van der Waals surface area contributed by atoms with Crippen molar-refractivity contribution in [1.29, 1.82) is 0 Å². The largest absolute Gasteiger partial charge is 0.506 e. The second-order valence-electron chi connectivity index (χ2n) is 3.33. The van der Waals surface area contributed by atoms with Crippen LogP contribution in [0.2, 0.25) is 0 Å². The number of ether oxygens (including phenoxy) is 1. The lowest BCUT2D eigenvalue weighted by Crippen LogP contribution is -2.22. The van der Waals surface area contributed by atoms with Gasteiger partial charge in [0.15, 0.2) is 0 Å². The molecule has 1 aromatic carbocycles. The third-order valence-electron chi connectivity index (χ3n) is 2.42. The lowest BCUT2D eigenvalue weighted by Gasteiger charge is -2.17. The predicted octanol–water partition coefficient (Wildman–Crippen LogP) is 2.84. The Morgan fingerprint density at radius 1 is 1.18 bits per heavy atom. The number of aliphatic hydroxyl groups excluding tert-OH is 1. The van der Waals surface area contributed by atoms with Gasteiger partial charge in [0.05, 0.1) is 11.6 Å². The molecule has 4 nitrogen and oxygen atoms in total. The fourth-order valence-electron chi connectivity index (χ4n) is 1.57. The van der Waals surface area contributed by atoms with Gasteiger partial charge in [0.2, 0.25) is 11.6 Å². The van der Waals surface area contributed by atoms with Crippen molar-refractivity contribution in [2.75, 3.05) is 7.11 Å². The number of carbonyl (C=O) groups is 2. The van der Waals surface area contributed by atoms with E-state index in [1.807, 2.05) is 0 Å². The number of hydrogen-bond donors (Lipinski definition) is 1. The lowest BCUT2D eigenvalue weighted by molar-refractivity contribution is -0.111. The molecule has 0 radical (unpaired) electrons. The van der Waals surface area contributed by atoms with Gasteiger partial charge in [-0.05, 0) is 44.0 Å². The summed E-state index contributed by atoms with van der Waals surface area (Å²) in [7, 11) is 1.47. The number of Topliss-reactive ketones (excluding diaryl/α,β-unsaturated/α-hetero) is 2. The van der Waals surface area contributed by atoms with Crippen molar-refractivity contribution in [3.8, 4) is 5.75 Å². The highest BCUT2D eigenvalue weighted by molar-refractivity contribution is 9.12. The van der Waals surface area contributed by atoms with Crippen LogP contribution in [0, 0.1) is 0 Å². The molecule has 1 aliphatic carbocycles. The van der Waals surface area contributed by atoms with Gasteiger partial charge >= 0.3 is 0 Å². The van der Waals surface area contributed by atoms with Crippen LogP contribution in [0.15, 0.2) is 21.1 Å². The van der Waals surface area contributed by atoms with Gasteiger partial charge < -0.3 is 9.84 Å².